The van der Waals surface area contributed by atoms with E-state index in [9.17, 15) is 9.59 Å². The Bertz CT molecular complexity index is 417. The molecule has 1 atom stereocenters. The van der Waals surface area contributed by atoms with Crippen molar-refractivity contribution in [2.24, 2.45) is 0 Å². The number of halogens is 1. The normalized spacial score (nSPS) is 12.2. The fourth-order valence-electron chi connectivity index (χ4n) is 1.66. The van der Waals surface area contributed by atoms with Gasteiger partial charge in [-0.3, -0.25) is 9.59 Å². The van der Waals surface area contributed by atoms with E-state index in [0.29, 0.717) is 17.3 Å². The van der Waals surface area contributed by atoms with Gasteiger partial charge in [-0.15, -0.1) is 0 Å². The van der Waals surface area contributed by atoms with E-state index in [2.05, 4.69) is 4.98 Å². The molecule has 0 aromatic carbocycles. The summed E-state index contributed by atoms with van der Waals surface area (Å²) in [5.41, 5.74) is 0.370. The molecule has 6 heteroatoms. The van der Waals surface area contributed by atoms with Gasteiger partial charge in [0.1, 0.15) is 5.69 Å². The molecule has 0 aliphatic heterocycles. The second-order valence-electron chi connectivity index (χ2n) is 3.77. The van der Waals surface area contributed by atoms with Gasteiger partial charge in [0.05, 0.1) is 11.4 Å². The quantitative estimate of drug-likeness (QED) is 0.848. The van der Waals surface area contributed by atoms with Gasteiger partial charge < -0.3 is 15.0 Å². The molecule has 1 aromatic heterocycles. The second-order valence-corrected chi connectivity index (χ2v) is 4.21. The van der Waals surface area contributed by atoms with Crippen LogP contribution in [-0.4, -0.2) is 39.5 Å². The Kier molecular flexibility index (Phi) is 4.57. The van der Waals surface area contributed by atoms with Gasteiger partial charge in [0.2, 0.25) is 0 Å². The molecule has 1 heterocycles. The topological polar surface area (TPSA) is 73.4 Å². The number of carbonyl (C=O) groups is 2. The number of H-pyrrole nitrogens is 1. The molecular formula is C11H15ClN2O3. The first kappa shape index (κ1) is 13.6. The maximum absolute atomic E-state index is 12.1. The van der Waals surface area contributed by atoms with Crippen molar-refractivity contribution in [2.75, 3.05) is 6.54 Å². The van der Waals surface area contributed by atoms with Crippen LogP contribution in [0.1, 0.15) is 30.8 Å². The SMILES string of the molecule is CCN(C(=O)c1cc(Cl)c[nH]1)C(C)CC(=O)O. The van der Waals surface area contributed by atoms with Crippen LogP contribution < -0.4 is 0 Å². The highest BCUT2D eigenvalue weighted by molar-refractivity contribution is 6.30. The summed E-state index contributed by atoms with van der Waals surface area (Å²) in [6.07, 6.45) is 1.44. The average molecular weight is 259 g/mol. The highest BCUT2D eigenvalue weighted by atomic mass is 35.5. The molecule has 0 saturated carbocycles. The van der Waals surface area contributed by atoms with Crippen LogP contribution >= 0.6 is 11.6 Å². The van der Waals surface area contributed by atoms with Gasteiger partial charge in [0, 0.05) is 18.8 Å². The zero-order chi connectivity index (χ0) is 13.0. The third-order valence-corrected chi connectivity index (χ3v) is 2.70. The van der Waals surface area contributed by atoms with Crippen LogP contribution in [-0.2, 0) is 4.79 Å². The van der Waals surface area contributed by atoms with E-state index < -0.39 is 5.97 Å². The molecule has 0 radical (unpaired) electrons. The van der Waals surface area contributed by atoms with Gasteiger partial charge in [-0.25, -0.2) is 0 Å². The summed E-state index contributed by atoms with van der Waals surface area (Å²) in [4.78, 5) is 26.9. The van der Waals surface area contributed by atoms with Crippen LogP contribution in [0.4, 0.5) is 0 Å². The van der Waals surface area contributed by atoms with Crippen molar-refractivity contribution < 1.29 is 14.7 Å². The first-order valence-corrected chi connectivity index (χ1v) is 5.70. The number of hydrogen-bond acceptors (Lipinski definition) is 2. The number of rotatable bonds is 5. The van der Waals surface area contributed by atoms with Gasteiger partial charge in [-0.05, 0) is 19.9 Å². The van der Waals surface area contributed by atoms with Crippen LogP contribution in [0.3, 0.4) is 0 Å². The second kappa shape index (κ2) is 5.72. The molecule has 0 fully saturated rings. The molecule has 0 bridgehead atoms. The van der Waals surface area contributed by atoms with Crippen molar-refractivity contribution in [1.82, 2.24) is 9.88 Å². The number of carbonyl (C=O) groups excluding carboxylic acids is 1. The van der Waals surface area contributed by atoms with Crippen LogP contribution in [0, 0.1) is 0 Å². The molecule has 94 valence electrons. The van der Waals surface area contributed by atoms with Gasteiger partial charge in [0.25, 0.3) is 5.91 Å². The number of amides is 1. The first-order chi connectivity index (χ1) is 7.95. The minimum atomic E-state index is -0.923. The Morgan fingerprint density at radius 2 is 2.24 bits per heavy atom. The van der Waals surface area contributed by atoms with Gasteiger partial charge >= 0.3 is 5.97 Å². The highest BCUT2D eigenvalue weighted by Gasteiger charge is 2.22. The lowest BCUT2D eigenvalue weighted by molar-refractivity contribution is -0.138. The number of nitrogens with one attached hydrogen (secondary N) is 1. The summed E-state index contributed by atoms with van der Waals surface area (Å²) in [5, 5.41) is 9.17. The summed E-state index contributed by atoms with van der Waals surface area (Å²) < 4.78 is 0. The van der Waals surface area contributed by atoms with E-state index >= 15 is 0 Å². The summed E-state index contributed by atoms with van der Waals surface area (Å²) in [6.45, 7) is 3.96. The van der Waals surface area contributed by atoms with Crippen molar-refractivity contribution in [3.8, 4) is 0 Å². The minimum absolute atomic E-state index is 0.0754. The molecule has 0 spiro atoms. The van der Waals surface area contributed by atoms with Crippen molar-refractivity contribution in [3.63, 3.8) is 0 Å². The third-order valence-electron chi connectivity index (χ3n) is 2.48. The first-order valence-electron chi connectivity index (χ1n) is 5.32. The fraction of sp³-hybridized carbons (Fsp3) is 0.455. The lowest BCUT2D eigenvalue weighted by Crippen LogP contribution is -2.39. The smallest absolute Gasteiger partial charge is 0.305 e. The molecule has 17 heavy (non-hydrogen) atoms. The molecule has 1 rings (SSSR count). The Labute approximate surface area is 104 Å². The summed E-state index contributed by atoms with van der Waals surface area (Å²) in [6, 6.07) is 1.17. The van der Waals surface area contributed by atoms with Crippen molar-refractivity contribution in [1.29, 1.82) is 0 Å². The van der Waals surface area contributed by atoms with Crippen LogP contribution in [0.15, 0.2) is 12.3 Å². The van der Waals surface area contributed by atoms with Crippen LogP contribution in [0.5, 0.6) is 0 Å². The van der Waals surface area contributed by atoms with E-state index in [-0.39, 0.29) is 18.4 Å². The number of aliphatic carboxylic acids is 1. The Morgan fingerprint density at radius 3 is 2.65 bits per heavy atom. The lowest BCUT2D eigenvalue weighted by atomic mass is 10.2. The third kappa shape index (κ3) is 3.49. The molecule has 1 aromatic rings. The standard InChI is InChI=1S/C11H15ClN2O3/c1-3-14(7(2)4-10(15)16)11(17)9-5-8(12)6-13-9/h5-7,13H,3-4H2,1-2H3,(H,15,16). The number of carboxylic acid groups (broad SMARTS) is 1. The Balaban J connectivity index is 2.80. The monoisotopic (exact) mass is 258 g/mol. The summed E-state index contributed by atoms with van der Waals surface area (Å²) in [7, 11) is 0. The fourth-order valence-corrected chi connectivity index (χ4v) is 1.83. The number of aromatic nitrogens is 1. The van der Waals surface area contributed by atoms with E-state index in [1.807, 2.05) is 0 Å². The average Bonchev–Trinajstić information content (AvgIpc) is 2.64. The zero-order valence-corrected chi connectivity index (χ0v) is 10.5. The lowest BCUT2D eigenvalue weighted by Gasteiger charge is -2.26. The molecule has 0 aliphatic rings. The maximum atomic E-state index is 12.1. The number of hydrogen-bond donors (Lipinski definition) is 2. The van der Waals surface area contributed by atoms with E-state index in [1.165, 1.54) is 17.2 Å². The Hall–Kier alpha value is -1.49. The number of carboxylic acids is 1. The molecular weight excluding hydrogens is 244 g/mol. The number of aromatic amines is 1. The number of nitrogens with zero attached hydrogens (tertiary/aromatic N) is 1. The van der Waals surface area contributed by atoms with E-state index in [1.54, 1.807) is 13.8 Å². The van der Waals surface area contributed by atoms with Crippen molar-refractivity contribution in [2.45, 2.75) is 26.3 Å². The molecule has 0 aliphatic carbocycles. The van der Waals surface area contributed by atoms with E-state index in [4.69, 9.17) is 16.7 Å². The van der Waals surface area contributed by atoms with Crippen LogP contribution in [0.2, 0.25) is 5.02 Å². The molecule has 1 unspecified atom stereocenters. The predicted octanol–water partition coefficient (Wildman–Crippen LogP) is 1.99. The molecule has 5 nitrogen and oxygen atoms in total. The molecule has 0 saturated heterocycles. The zero-order valence-electron chi connectivity index (χ0n) is 9.74. The van der Waals surface area contributed by atoms with Gasteiger partial charge in [-0.2, -0.15) is 0 Å². The van der Waals surface area contributed by atoms with Crippen molar-refractivity contribution in [3.05, 3.63) is 23.0 Å². The predicted molar refractivity (Wildman–Crippen MR) is 64.2 cm³/mol. The van der Waals surface area contributed by atoms with Gasteiger partial charge in [0.15, 0.2) is 0 Å². The van der Waals surface area contributed by atoms with E-state index in [0.717, 1.165) is 0 Å². The molecule has 1 amide bonds. The molecule has 2 N–H and O–H groups in total. The van der Waals surface area contributed by atoms with Crippen molar-refractivity contribution >= 4 is 23.5 Å². The van der Waals surface area contributed by atoms with Gasteiger partial charge in [-0.1, -0.05) is 11.6 Å². The minimum Gasteiger partial charge on any atom is -0.481 e. The summed E-state index contributed by atoms with van der Waals surface area (Å²) >= 11 is 5.72. The Morgan fingerprint density at radius 1 is 1.59 bits per heavy atom. The van der Waals surface area contributed by atoms with Crippen LogP contribution in [0.25, 0.3) is 0 Å². The maximum Gasteiger partial charge on any atom is 0.305 e. The summed E-state index contributed by atoms with van der Waals surface area (Å²) in [5.74, 6) is -1.17. The highest BCUT2D eigenvalue weighted by Crippen LogP contribution is 2.14. The largest absolute Gasteiger partial charge is 0.481 e.